The van der Waals surface area contributed by atoms with E-state index in [9.17, 15) is 14.4 Å². The molecule has 3 aromatic heterocycles. The van der Waals surface area contributed by atoms with Crippen molar-refractivity contribution in [1.29, 1.82) is 0 Å². The highest BCUT2D eigenvalue weighted by Crippen LogP contribution is 2.30. The zero-order valence-corrected chi connectivity index (χ0v) is 18.2. The minimum Gasteiger partial charge on any atom is -0.462 e. The van der Waals surface area contributed by atoms with Crippen molar-refractivity contribution in [1.82, 2.24) is 9.55 Å². The lowest BCUT2D eigenvalue weighted by atomic mass is 10.2. The zero-order chi connectivity index (χ0) is 21.3. The smallest absolute Gasteiger partial charge is 0.341 e. The van der Waals surface area contributed by atoms with Gasteiger partial charge in [-0.05, 0) is 43.7 Å². The summed E-state index contributed by atoms with van der Waals surface area (Å²) in [4.78, 5) is 43.2. The minimum absolute atomic E-state index is 0.0174. The first-order valence-corrected chi connectivity index (χ1v) is 11.3. The molecular weight excluding hydrogens is 426 g/mol. The molecule has 0 aliphatic carbocycles. The second-order valence-electron chi connectivity index (χ2n) is 6.91. The van der Waals surface area contributed by atoms with Crippen LogP contribution in [0.5, 0.6) is 0 Å². The van der Waals surface area contributed by atoms with Crippen LogP contribution in [0, 0.1) is 6.92 Å². The van der Waals surface area contributed by atoms with E-state index in [4.69, 9.17) is 9.47 Å². The van der Waals surface area contributed by atoms with Gasteiger partial charge in [-0.1, -0.05) is 0 Å². The maximum atomic E-state index is 13.0. The number of nitrogens with zero attached hydrogens (tertiary/aromatic N) is 2. The topological polar surface area (TPSA) is 99.5 Å². The number of nitrogens with one attached hydrogen (secondary N) is 1. The lowest BCUT2D eigenvalue weighted by Crippen LogP contribution is -2.26. The van der Waals surface area contributed by atoms with E-state index >= 15 is 0 Å². The van der Waals surface area contributed by atoms with Crippen LogP contribution < -0.4 is 10.9 Å². The molecule has 3 aromatic rings. The molecule has 1 N–H and O–H groups in total. The summed E-state index contributed by atoms with van der Waals surface area (Å²) in [6, 6.07) is 1.61. The summed E-state index contributed by atoms with van der Waals surface area (Å²) in [6.45, 7) is 4.89. The fourth-order valence-electron chi connectivity index (χ4n) is 3.45. The van der Waals surface area contributed by atoms with Crippen LogP contribution in [0.1, 0.15) is 45.4 Å². The molecule has 8 nitrogen and oxygen atoms in total. The first-order chi connectivity index (χ1) is 14.5. The molecule has 0 saturated carbocycles. The van der Waals surface area contributed by atoms with Gasteiger partial charge in [0.1, 0.15) is 9.83 Å². The Bertz CT molecular complexity index is 1160. The van der Waals surface area contributed by atoms with Crippen molar-refractivity contribution in [3.63, 3.8) is 0 Å². The summed E-state index contributed by atoms with van der Waals surface area (Å²) in [5.74, 6) is -0.866. The Morgan fingerprint density at radius 2 is 2.27 bits per heavy atom. The van der Waals surface area contributed by atoms with Crippen LogP contribution in [0.25, 0.3) is 10.2 Å². The number of rotatable bonds is 6. The minimum atomic E-state index is -0.485. The van der Waals surface area contributed by atoms with Crippen molar-refractivity contribution in [2.45, 2.75) is 39.3 Å². The van der Waals surface area contributed by atoms with Crippen LogP contribution in [0.2, 0.25) is 0 Å². The van der Waals surface area contributed by atoms with Crippen LogP contribution in [0.4, 0.5) is 5.00 Å². The number of aromatic nitrogens is 2. The van der Waals surface area contributed by atoms with Crippen molar-refractivity contribution in [2.24, 2.45) is 0 Å². The fraction of sp³-hybridized carbons (Fsp3) is 0.400. The number of carbonyl (C=O) groups is 2. The quantitative estimate of drug-likeness (QED) is 0.581. The van der Waals surface area contributed by atoms with Crippen molar-refractivity contribution in [2.75, 3.05) is 18.5 Å². The zero-order valence-electron chi connectivity index (χ0n) is 16.6. The third-order valence-corrected chi connectivity index (χ3v) is 6.96. The number of anilines is 1. The van der Waals surface area contributed by atoms with Crippen LogP contribution in [-0.2, 0) is 16.0 Å². The molecule has 10 heteroatoms. The van der Waals surface area contributed by atoms with E-state index in [-0.39, 0.29) is 24.2 Å². The van der Waals surface area contributed by atoms with Crippen molar-refractivity contribution < 1.29 is 19.1 Å². The third kappa shape index (κ3) is 3.90. The van der Waals surface area contributed by atoms with Gasteiger partial charge < -0.3 is 14.8 Å². The molecule has 4 heterocycles. The predicted molar refractivity (Wildman–Crippen MR) is 116 cm³/mol. The Kier molecular flexibility index (Phi) is 5.98. The molecule has 0 spiro atoms. The van der Waals surface area contributed by atoms with Gasteiger partial charge in [-0.3, -0.25) is 14.2 Å². The Hall–Kier alpha value is -2.56. The highest BCUT2D eigenvalue weighted by molar-refractivity contribution is 7.21. The van der Waals surface area contributed by atoms with E-state index < -0.39 is 5.97 Å². The summed E-state index contributed by atoms with van der Waals surface area (Å²) in [6.07, 6.45) is 3.45. The Balaban J connectivity index is 1.62. The second-order valence-corrected chi connectivity index (χ2v) is 8.83. The van der Waals surface area contributed by atoms with Gasteiger partial charge in [0.05, 0.1) is 41.4 Å². The number of amides is 1. The monoisotopic (exact) mass is 447 g/mol. The summed E-state index contributed by atoms with van der Waals surface area (Å²) < 4.78 is 12.2. The van der Waals surface area contributed by atoms with Gasteiger partial charge in [-0.15, -0.1) is 22.7 Å². The van der Waals surface area contributed by atoms with Crippen molar-refractivity contribution >= 4 is 49.8 Å². The highest BCUT2D eigenvalue weighted by Gasteiger charge is 2.23. The van der Waals surface area contributed by atoms with Gasteiger partial charge in [0.25, 0.3) is 11.5 Å². The van der Waals surface area contributed by atoms with Gasteiger partial charge in [0, 0.05) is 6.61 Å². The Morgan fingerprint density at radius 1 is 1.43 bits per heavy atom. The van der Waals surface area contributed by atoms with Gasteiger partial charge in [-0.25, -0.2) is 9.78 Å². The molecule has 0 unspecified atom stereocenters. The van der Waals surface area contributed by atoms with Crippen molar-refractivity contribution in [3.05, 3.63) is 44.1 Å². The molecule has 1 saturated heterocycles. The molecule has 1 fully saturated rings. The number of aryl methyl sites for hydroxylation is 1. The highest BCUT2D eigenvalue weighted by atomic mass is 32.1. The standard InChI is InChI=1S/C20H21N3O5S2/c1-3-27-20(26)13-6-8-29-17(13)22-16(24)15-11(2)14-18(30-15)21-10-23(19(14)25)9-12-5-4-7-28-12/h6,8,10,12H,3-5,7,9H2,1-2H3,(H,22,24)/t12-/m1/s1. The predicted octanol–water partition coefficient (Wildman–Crippen LogP) is 3.44. The van der Waals surface area contributed by atoms with Crippen LogP contribution in [0.15, 0.2) is 22.6 Å². The molecular formula is C20H21N3O5S2. The van der Waals surface area contributed by atoms with E-state index in [1.54, 1.807) is 29.9 Å². The number of fused-ring (bicyclic) bond motifs is 1. The number of hydrogen-bond donors (Lipinski definition) is 1. The van der Waals surface area contributed by atoms with Crippen molar-refractivity contribution in [3.8, 4) is 0 Å². The number of esters is 1. The molecule has 30 heavy (non-hydrogen) atoms. The summed E-state index contributed by atoms with van der Waals surface area (Å²) in [5, 5.41) is 5.35. The second kappa shape index (κ2) is 8.66. The van der Waals surface area contributed by atoms with E-state index in [0.717, 1.165) is 24.2 Å². The average molecular weight is 448 g/mol. The molecule has 1 aliphatic rings. The summed E-state index contributed by atoms with van der Waals surface area (Å²) in [7, 11) is 0. The molecule has 158 valence electrons. The number of thiophene rings is 2. The number of carbonyl (C=O) groups excluding carboxylic acids is 2. The fourth-order valence-corrected chi connectivity index (χ4v) is 5.25. The van der Waals surface area contributed by atoms with Gasteiger partial charge in [0.2, 0.25) is 0 Å². The molecule has 0 bridgehead atoms. The number of hydrogen-bond acceptors (Lipinski definition) is 8. The van der Waals surface area contributed by atoms with Gasteiger partial charge >= 0.3 is 5.97 Å². The maximum absolute atomic E-state index is 13.0. The Morgan fingerprint density at radius 3 is 3.00 bits per heavy atom. The molecule has 0 radical (unpaired) electrons. The first-order valence-electron chi connectivity index (χ1n) is 9.65. The SMILES string of the molecule is CCOC(=O)c1ccsc1NC(=O)c1sc2ncn(C[C@H]3CCCO3)c(=O)c2c1C. The number of ether oxygens (including phenoxy) is 2. The molecule has 0 aromatic carbocycles. The van der Waals surface area contributed by atoms with Crippen LogP contribution in [0.3, 0.4) is 0 Å². The summed E-state index contributed by atoms with van der Waals surface area (Å²) >= 11 is 2.40. The van der Waals surface area contributed by atoms with Crippen LogP contribution >= 0.6 is 22.7 Å². The molecule has 1 atom stereocenters. The lowest BCUT2D eigenvalue weighted by molar-refractivity contribution is 0.0528. The van der Waals surface area contributed by atoms with E-state index in [0.29, 0.717) is 44.4 Å². The van der Waals surface area contributed by atoms with E-state index in [2.05, 4.69) is 10.3 Å². The van der Waals surface area contributed by atoms with Gasteiger partial charge in [-0.2, -0.15) is 0 Å². The molecule has 1 amide bonds. The molecule has 4 rings (SSSR count). The summed E-state index contributed by atoms with van der Waals surface area (Å²) in [5.41, 5.74) is 0.721. The first kappa shape index (κ1) is 20.7. The lowest BCUT2D eigenvalue weighted by Gasteiger charge is -2.11. The average Bonchev–Trinajstić information content (AvgIpc) is 3.45. The third-order valence-electron chi connectivity index (χ3n) is 4.94. The maximum Gasteiger partial charge on any atom is 0.341 e. The van der Waals surface area contributed by atoms with Gasteiger partial charge in [0.15, 0.2) is 0 Å². The Labute approximate surface area is 180 Å². The normalized spacial score (nSPS) is 16.1. The van der Waals surface area contributed by atoms with E-state index in [1.807, 2.05) is 0 Å². The van der Waals surface area contributed by atoms with Crippen LogP contribution in [-0.4, -0.2) is 40.7 Å². The largest absolute Gasteiger partial charge is 0.462 e. The van der Waals surface area contributed by atoms with E-state index in [1.165, 1.54) is 17.7 Å². The molecule has 1 aliphatic heterocycles.